The van der Waals surface area contributed by atoms with Gasteiger partial charge in [-0.15, -0.1) is 0 Å². The van der Waals surface area contributed by atoms with E-state index in [1.807, 2.05) is 0 Å². The van der Waals surface area contributed by atoms with Crippen molar-refractivity contribution in [1.82, 2.24) is 0 Å². The number of amides is 1. The van der Waals surface area contributed by atoms with Crippen LogP contribution in [0.1, 0.15) is 51.5 Å². The van der Waals surface area contributed by atoms with Gasteiger partial charge >= 0.3 is 0 Å². The van der Waals surface area contributed by atoms with E-state index in [2.05, 4.69) is 19.2 Å². The van der Waals surface area contributed by atoms with Crippen LogP contribution in [0.5, 0.6) is 0 Å². The first kappa shape index (κ1) is 16.0. The molecule has 1 amide bonds. The van der Waals surface area contributed by atoms with Gasteiger partial charge in [0.05, 0.1) is 5.69 Å². The molecule has 0 heterocycles. The van der Waals surface area contributed by atoms with Gasteiger partial charge in [-0.2, -0.15) is 0 Å². The molecule has 1 saturated carbocycles. The van der Waals surface area contributed by atoms with Gasteiger partial charge in [0.2, 0.25) is 5.91 Å². The highest BCUT2D eigenvalue weighted by molar-refractivity contribution is 5.95. The Morgan fingerprint density at radius 2 is 2.05 bits per heavy atom. The zero-order valence-corrected chi connectivity index (χ0v) is 12.9. The molecule has 3 nitrogen and oxygen atoms in total. The monoisotopic (exact) mass is 292 g/mol. The Balaban J connectivity index is 2.15. The fourth-order valence-electron chi connectivity index (χ4n) is 3.40. The number of nitrogens with one attached hydrogen (secondary N) is 1. The number of carbonyl (C=O) groups is 1. The number of hydrogen-bond acceptors (Lipinski definition) is 2. The van der Waals surface area contributed by atoms with Crippen molar-refractivity contribution in [3.8, 4) is 0 Å². The first-order chi connectivity index (χ1) is 9.97. The molecular formula is C17H25FN2O. The Morgan fingerprint density at radius 3 is 2.57 bits per heavy atom. The van der Waals surface area contributed by atoms with Crippen LogP contribution in [-0.2, 0) is 11.3 Å². The minimum absolute atomic E-state index is 0.0342. The predicted molar refractivity (Wildman–Crippen MR) is 83.3 cm³/mol. The average molecular weight is 292 g/mol. The van der Waals surface area contributed by atoms with Gasteiger partial charge < -0.3 is 11.1 Å². The molecule has 1 aromatic carbocycles. The highest BCUT2D eigenvalue weighted by atomic mass is 19.1. The largest absolute Gasteiger partial charge is 0.326 e. The molecule has 0 bridgehead atoms. The SMILES string of the molecule is CC(C)CC1(C(=O)Nc2ccc(CN)cc2F)CCCC1. The van der Waals surface area contributed by atoms with E-state index in [0.717, 1.165) is 37.7 Å². The molecule has 0 radical (unpaired) electrons. The minimum Gasteiger partial charge on any atom is -0.326 e. The van der Waals surface area contributed by atoms with Gasteiger partial charge in [0.1, 0.15) is 5.82 Å². The number of benzene rings is 1. The van der Waals surface area contributed by atoms with Crippen LogP contribution in [0.2, 0.25) is 0 Å². The van der Waals surface area contributed by atoms with E-state index in [0.29, 0.717) is 12.5 Å². The lowest BCUT2D eigenvalue weighted by Crippen LogP contribution is -2.35. The van der Waals surface area contributed by atoms with Crippen LogP contribution in [0.25, 0.3) is 0 Å². The maximum Gasteiger partial charge on any atom is 0.230 e. The number of nitrogens with two attached hydrogens (primary N) is 1. The van der Waals surface area contributed by atoms with Crippen LogP contribution in [0.3, 0.4) is 0 Å². The first-order valence-electron chi connectivity index (χ1n) is 7.77. The summed E-state index contributed by atoms with van der Waals surface area (Å²) >= 11 is 0. The molecule has 3 N–H and O–H groups in total. The van der Waals surface area contributed by atoms with Crippen LogP contribution in [0, 0.1) is 17.2 Å². The topological polar surface area (TPSA) is 55.1 Å². The number of anilines is 1. The Hall–Kier alpha value is -1.42. The summed E-state index contributed by atoms with van der Waals surface area (Å²) in [7, 11) is 0. The molecule has 4 heteroatoms. The van der Waals surface area contributed by atoms with E-state index in [-0.39, 0.29) is 17.0 Å². The van der Waals surface area contributed by atoms with Crippen LogP contribution >= 0.6 is 0 Å². The molecule has 1 aliphatic carbocycles. The van der Waals surface area contributed by atoms with Crippen LogP contribution in [0.15, 0.2) is 18.2 Å². The molecule has 1 aromatic rings. The van der Waals surface area contributed by atoms with E-state index in [1.54, 1.807) is 12.1 Å². The van der Waals surface area contributed by atoms with Crippen molar-refractivity contribution in [3.63, 3.8) is 0 Å². The van der Waals surface area contributed by atoms with Gasteiger partial charge in [0.25, 0.3) is 0 Å². The molecule has 0 saturated heterocycles. The van der Waals surface area contributed by atoms with E-state index >= 15 is 0 Å². The molecule has 0 atom stereocenters. The van der Waals surface area contributed by atoms with E-state index in [4.69, 9.17) is 5.73 Å². The molecule has 0 unspecified atom stereocenters. The van der Waals surface area contributed by atoms with Crippen molar-refractivity contribution in [2.24, 2.45) is 17.1 Å². The third kappa shape index (κ3) is 3.62. The van der Waals surface area contributed by atoms with Gasteiger partial charge in [0.15, 0.2) is 0 Å². The summed E-state index contributed by atoms with van der Waals surface area (Å²) in [5.41, 5.74) is 6.15. The fraction of sp³-hybridized carbons (Fsp3) is 0.588. The number of halogens is 1. The summed E-state index contributed by atoms with van der Waals surface area (Å²) in [6.07, 6.45) is 4.82. The van der Waals surface area contributed by atoms with Crippen molar-refractivity contribution < 1.29 is 9.18 Å². The van der Waals surface area contributed by atoms with Crippen LogP contribution < -0.4 is 11.1 Å². The summed E-state index contributed by atoms with van der Waals surface area (Å²) < 4.78 is 14.0. The smallest absolute Gasteiger partial charge is 0.230 e. The molecular weight excluding hydrogens is 267 g/mol. The van der Waals surface area contributed by atoms with Crippen LogP contribution in [0.4, 0.5) is 10.1 Å². The van der Waals surface area contributed by atoms with E-state index in [1.165, 1.54) is 6.07 Å². The van der Waals surface area contributed by atoms with Crippen molar-refractivity contribution in [1.29, 1.82) is 0 Å². The van der Waals surface area contributed by atoms with Gasteiger partial charge in [-0.3, -0.25) is 4.79 Å². The number of hydrogen-bond donors (Lipinski definition) is 2. The number of rotatable bonds is 5. The predicted octanol–water partition coefficient (Wildman–Crippen LogP) is 3.83. The van der Waals surface area contributed by atoms with Gasteiger partial charge in [-0.25, -0.2) is 4.39 Å². The Bertz CT molecular complexity index is 508. The lowest BCUT2D eigenvalue weighted by atomic mass is 9.77. The molecule has 1 fully saturated rings. The van der Waals surface area contributed by atoms with Gasteiger partial charge in [0, 0.05) is 12.0 Å². The summed E-state index contributed by atoms with van der Waals surface area (Å²) in [5.74, 6) is 0.00963. The third-order valence-corrected chi connectivity index (χ3v) is 4.36. The second kappa shape index (κ2) is 6.56. The molecule has 0 aliphatic heterocycles. The zero-order chi connectivity index (χ0) is 15.5. The first-order valence-corrected chi connectivity index (χ1v) is 7.77. The maximum absolute atomic E-state index is 14.0. The maximum atomic E-state index is 14.0. The highest BCUT2D eigenvalue weighted by Gasteiger charge is 2.41. The molecule has 0 aromatic heterocycles. The van der Waals surface area contributed by atoms with Crippen molar-refractivity contribution >= 4 is 11.6 Å². The van der Waals surface area contributed by atoms with Gasteiger partial charge in [-0.05, 0) is 42.9 Å². The summed E-state index contributed by atoms with van der Waals surface area (Å²) in [4.78, 5) is 12.7. The highest BCUT2D eigenvalue weighted by Crippen LogP contribution is 2.44. The lowest BCUT2D eigenvalue weighted by molar-refractivity contribution is -0.126. The quantitative estimate of drug-likeness (QED) is 0.866. The van der Waals surface area contributed by atoms with E-state index < -0.39 is 5.82 Å². The Kier molecular flexibility index (Phi) is 4.99. The molecule has 21 heavy (non-hydrogen) atoms. The van der Waals surface area contributed by atoms with Gasteiger partial charge in [-0.1, -0.05) is 32.8 Å². The second-order valence-electron chi connectivity index (χ2n) is 6.56. The average Bonchev–Trinajstić information content (AvgIpc) is 2.89. The summed E-state index contributed by atoms with van der Waals surface area (Å²) in [6.45, 7) is 4.55. The normalized spacial score (nSPS) is 17.2. The third-order valence-electron chi connectivity index (χ3n) is 4.36. The van der Waals surface area contributed by atoms with Crippen molar-refractivity contribution in [3.05, 3.63) is 29.6 Å². The standard InChI is InChI=1S/C17H25FN2O/c1-12(2)10-17(7-3-4-8-17)16(21)20-15-6-5-13(11-19)9-14(15)18/h5-6,9,12H,3-4,7-8,10-11,19H2,1-2H3,(H,20,21). The summed E-state index contributed by atoms with van der Waals surface area (Å²) in [5, 5.41) is 2.79. The van der Waals surface area contributed by atoms with E-state index in [9.17, 15) is 9.18 Å². The lowest BCUT2D eigenvalue weighted by Gasteiger charge is -2.29. The van der Waals surface area contributed by atoms with Crippen molar-refractivity contribution in [2.45, 2.75) is 52.5 Å². The summed E-state index contributed by atoms with van der Waals surface area (Å²) in [6, 6.07) is 4.75. The molecule has 0 spiro atoms. The Morgan fingerprint density at radius 1 is 1.38 bits per heavy atom. The molecule has 2 rings (SSSR count). The number of carbonyl (C=O) groups excluding carboxylic acids is 1. The second-order valence-corrected chi connectivity index (χ2v) is 6.56. The fourth-order valence-corrected chi connectivity index (χ4v) is 3.40. The molecule has 1 aliphatic rings. The Labute approximate surface area is 126 Å². The zero-order valence-electron chi connectivity index (χ0n) is 12.9. The molecule has 116 valence electrons. The minimum atomic E-state index is -0.413. The van der Waals surface area contributed by atoms with Crippen LogP contribution in [-0.4, -0.2) is 5.91 Å². The van der Waals surface area contributed by atoms with Crippen molar-refractivity contribution in [2.75, 3.05) is 5.32 Å².